The number of esters is 3. The van der Waals surface area contributed by atoms with Crippen LogP contribution in [0.1, 0.15) is 355 Å². The molecule has 0 heterocycles. The molecular formula is C71H128O6. The van der Waals surface area contributed by atoms with Gasteiger partial charge in [-0.3, -0.25) is 14.4 Å². The number of hydrogen-bond acceptors (Lipinski definition) is 6. The molecule has 0 fully saturated rings. The average molecular weight is 1080 g/mol. The van der Waals surface area contributed by atoms with Gasteiger partial charge in [-0.05, 0) is 64.2 Å². The normalized spacial score (nSPS) is 12.4. The summed E-state index contributed by atoms with van der Waals surface area (Å²) in [6.45, 7) is 6.58. The Bertz CT molecular complexity index is 1380. The van der Waals surface area contributed by atoms with Crippen LogP contribution in [-0.2, 0) is 28.6 Å². The zero-order valence-corrected chi connectivity index (χ0v) is 51.5. The maximum Gasteiger partial charge on any atom is 0.306 e. The highest BCUT2D eigenvalue weighted by molar-refractivity contribution is 5.71. The van der Waals surface area contributed by atoms with E-state index in [0.717, 1.165) is 109 Å². The van der Waals surface area contributed by atoms with Gasteiger partial charge in [0.2, 0.25) is 0 Å². The number of ether oxygens (including phenoxy) is 3. The maximum absolute atomic E-state index is 12.9. The second-order valence-corrected chi connectivity index (χ2v) is 22.7. The van der Waals surface area contributed by atoms with E-state index in [1.54, 1.807) is 0 Å². The maximum atomic E-state index is 12.9. The van der Waals surface area contributed by atoms with Gasteiger partial charge >= 0.3 is 17.9 Å². The van der Waals surface area contributed by atoms with Crippen molar-refractivity contribution >= 4 is 17.9 Å². The molecule has 0 aromatic carbocycles. The molecule has 0 amide bonds. The van der Waals surface area contributed by atoms with Crippen LogP contribution in [0.4, 0.5) is 0 Å². The molecule has 0 aliphatic rings. The van der Waals surface area contributed by atoms with Gasteiger partial charge in [-0.1, -0.05) is 332 Å². The minimum Gasteiger partial charge on any atom is -0.462 e. The van der Waals surface area contributed by atoms with Crippen LogP contribution >= 0.6 is 0 Å². The molecule has 1 unspecified atom stereocenters. The minimum absolute atomic E-state index is 0.0774. The zero-order chi connectivity index (χ0) is 55.7. The summed E-state index contributed by atoms with van der Waals surface area (Å²) in [6.07, 6.45) is 83.8. The summed E-state index contributed by atoms with van der Waals surface area (Å²) in [7, 11) is 0. The van der Waals surface area contributed by atoms with E-state index in [2.05, 4.69) is 81.5 Å². The van der Waals surface area contributed by atoms with E-state index in [1.807, 2.05) is 0 Å². The molecule has 77 heavy (non-hydrogen) atoms. The lowest BCUT2D eigenvalue weighted by atomic mass is 10.0. The van der Waals surface area contributed by atoms with Crippen molar-refractivity contribution in [3.8, 4) is 0 Å². The first-order valence-electron chi connectivity index (χ1n) is 33.8. The third kappa shape index (κ3) is 63.8. The summed E-state index contributed by atoms with van der Waals surface area (Å²) in [5.41, 5.74) is 0. The van der Waals surface area contributed by atoms with Crippen molar-refractivity contribution in [3.63, 3.8) is 0 Å². The van der Waals surface area contributed by atoms with Crippen LogP contribution in [-0.4, -0.2) is 37.2 Å². The fourth-order valence-electron chi connectivity index (χ4n) is 10.0. The van der Waals surface area contributed by atoms with E-state index in [-0.39, 0.29) is 31.1 Å². The SMILES string of the molecule is CC/C=C\C/C=C\C/C=C\C/C=C\C/C=C\CCCCCCCC(=O)OC(COC(=O)CCCCCCCCCCCCCCCCCC)COC(=O)CCCCCCCCCCCCCCCCCCCCCCCC. The standard InChI is InChI=1S/C71H128O6/c1-4-7-10-13-16-19-22-25-28-31-33-35-37-38-40-43-46-49-52-55-58-61-64-70(73)76-67-68(66-75-69(72)63-60-57-54-51-48-45-42-30-27-24-21-18-15-12-9-6-3)77-71(74)65-62-59-56-53-50-47-44-41-39-36-34-32-29-26-23-20-17-14-11-8-5-2/h8,11,17,20,26,29,34,36,41,44,68H,4-7,9-10,12-16,18-19,21-25,27-28,30-33,35,37-40,42-43,45-67H2,1-3H3/b11-8-,20-17-,29-26-,36-34-,44-41-. The Hall–Kier alpha value is -2.89. The predicted octanol–water partition coefficient (Wildman–Crippen LogP) is 23.1. The Kier molecular flexibility index (Phi) is 63.2. The van der Waals surface area contributed by atoms with Gasteiger partial charge in [0.1, 0.15) is 13.2 Å². The molecule has 0 rings (SSSR count). The van der Waals surface area contributed by atoms with Crippen molar-refractivity contribution in [2.24, 2.45) is 0 Å². The Morgan fingerprint density at radius 2 is 0.506 bits per heavy atom. The van der Waals surface area contributed by atoms with Gasteiger partial charge < -0.3 is 14.2 Å². The molecule has 0 N–H and O–H groups in total. The fourth-order valence-corrected chi connectivity index (χ4v) is 10.0. The lowest BCUT2D eigenvalue weighted by Crippen LogP contribution is -2.30. The Balaban J connectivity index is 4.35. The third-order valence-electron chi connectivity index (χ3n) is 15.0. The van der Waals surface area contributed by atoms with Gasteiger partial charge in [-0.2, -0.15) is 0 Å². The number of carbonyl (C=O) groups is 3. The fraction of sp³-hybridized carbons (Fsp3) is 0.817. The Morgan fingerprint density at radius 3 is 0.792 bits per heavy atom. The average Bonchev–Trinajstić information content (AvgIpc) is 3.43. The highest BCUT2D eigenvalue weighted by Gasteiger charge is 2.19. The molecular weight excluding hydrogens is 949 g/mol. The monoisotopic (exact) mass is 1080 g/mol. The van der Waals surface area contributed by atoms with E-state index >= 15 is 0 Å². The quantitative estimate of drug-likeness (QED) is 0.0261. The molecule has 0 bridgehead atoms. The largest absolute Gasteiger partial charge is 0.462 e. The summed E-state index contributed by atoms with van der Waals surface area (Å²) in [4.78, 5) is 38.4. The van der Waals surface area contributed by atoms with E-state index in [1.165, 1.54) is 205 Å². The molecule has 6 heteroatoms. The van der Waals surface area contributed by atoms with Crippen molar-refractivity contribution < 1.29 is 28.6 Å². The molecule has 0 aromatic rings. The van der Waals surface area contributed by atoms with Crippen LogP contribution in [0.3, 0.4) is 0 Å². The van der Waals surface area contributed by atoms with Gasteiger partial charge in [0.15, 0.2) is 6.10 Å². The van der Waals surface area contributed by atoms with Crippen molar-refractivity contribution in [1.29, 1.82) is 0 Å². The van der Waals surface area contributed by atoms with Crippen molar-refractivity contribution in [2.75, 3.05) is 13.2 Å². The summed E-state index contributed by atoms with van der Waals surface area (Å²) in [5.74, 6) is -0.872. The molecule has 448 valence electrons. The molecule has 0 aliphatic heterocycles. The van der Waals surface area contributed by atoms with Crippen LogP contribution in [0.15, 0.2) is 60.8 Å². The van der Waals surface area contributed by atoms with Crippen LogP contribution in [0, 0.1) is 0 Å². The Morgan fingerprint density at radius 1 is 0.273 bits per heavy atom. The summed E-state index contributed by atoms with van der Waals surface area (Å²) in [6, 6.07) is 0. The number of allylic oxidation sites excluding steroid dienone is 10. The minimum atomic E-state index is -0.783. The van der Waals surface area contributed by atoms with Crippen molar-refractivity contribution in [2.45, 2.75) is 361 Å². The summed E-state index contributed by atoms with van der Waals surface area (Å²) < 4.78 is 17.0. The van der Waals surface area contributed by atoms with Crippen LogP contribution in [0.25, 0.3) is 0 Å². The topological polar surface area (TPSA) is 78.9 Å². The van der Waals surface area contributed by atoms with E-state index in [4.69, 9.17) is 14.2 Å². The number of hydrogen-bond donors (Lipinski definition) is 0. The molecule has 0 aromatic heterocycles. The van der Waals surface area contributed by atoms with Crippen LogP contribution in [0.5, 0.6) is 0 Å². The van der Waals surface area contributed by atoms with Crippen LogP contribution in [0.2, 0.25) is 0 Å². The molecule has 0 spiro atoms. The molecule has 1 atom stereocenters. The van der Waals surface area contributed by atoms with E-state index < -0.39 is 6.10 Å². The number of rotatable bonds is 62. The first-order valence-corrected chi connectivity index (χ1v) is 33.8. The van der Waals surface area contributed by atoms with Gasteiger partial charge in [0.25, 0.3) is 0 Å². The predicted molar refractivity (Wildman–Crippen MR) is 335 cm³/mol. The van der Waals surface area contributed by atoms with Gasteiger partial charge in [0.05, 0.1) is 0 Å². The summed E-state index contributed by atoms with van der Waals surface area (Å²) >= 11 is 0. The molecule has 0 aliphatic carbocycles. The third-order valence-corrected chi connectivity index (χ3v) is 15.0. The second-order valence-electron chi connectivity index (χ2n) is 22.7. The lowest BCUT2D eigenvalue weighted by Gasteiger charge is -2.18. The van der Waals surface area contributed by atoms with Gasteiger partial charge in [-0.15, -0.1) is 0 Å². The molecule has 0 saturated carbocycles. The van der Waals surface area contributed by atoms with Gasteiger partial charge in [-0.25, -0.2) is 0 Å². The van der Waals surface area contributed by atoms with Crippen molar-refractivity contribution in [1.82, 2.24) is 0 Å². The first kappa shape index (κ1) is 74.1. The second kappa shape index (κ2) is 65.6. The smallest absolute Gasteiger partial charge is 0.306 e. The number of carbonyl (C=O) groups excluding carboxylic acids is 3. The van der Waals surface area contributed by atoms with E-state index in [9.17, 15) is 14.4 Å². The lowest BCUT2D eigenvalue weighted by molar-refractivity contribution is -0.167. The molecule has 6 nitrogen and oxygen atoms in total. The zero-order valence-electron chi connectivity index (χ0n) is 51.5. The summed E-state index contributed by atoms with van der Waals surface area (Å²) in [5, 5.41) is 0. The molecule has 0 radical (unpaired) electrons. The van der Waals surface area contributed by atoms with Crippen molar-refractivity contribution in [3.05, 3.63) is 60.8 Å². The van der Waals surface area contributed by atoms with Crippen LogP contribution < -0.4 is 0 Å². The Labute approximate surface area is 479 Å². The number of unbranched alkanes of at least 4 members (excludes halogenated alkanes) is 41. The highest BCUT2D eigenvalue weighted by atomic mass is 16.6. The van der Waals surface area contributed by atoms with Gasteiger partial charge in [0, 0.05) is 19.3 Å². The molecule has 0 saturated heterocycles. The van der Waals surface area contributed by atoms with E-state index in [0.29, 0.717) is 19.3 Å². The highest BCUT2D eigenvalue weighted by Crippen LogP contribution is 2.18. The first-order chi connectivity index (χ1) is 38.0.